The summed E-state index contributed by atoms with van der Waals surface area (Å²) in [6.07, 6.45) is 1.79. The molecular weight excluding hydrogens is 254 g/mol. The Labute approximate surface area is 119 Å². The second-order valence-corrected chi connectivity index (χ2v) is 5.10. The molecule has 1 fully saturated rings. The molecule has 1 aliphatic rings. The van der Waals surface area contributed by atoms with Gasteiger partial charge in [-0.15, -0.1) is 0 Å². The Kier molecular flexibility index (Phi) is 4.74. The van der Waals surface area contributed by atoms with Crippen molar-refractivity contribution in [3.8, 4) is 0 Å². The Morgan fingerprint density at radius 3 is 2.55 bits per heavy atom. The number of primary amides is 1. The van der Waals surface area contributed by atoms with E-state index in [0.717, 1.165) is 19.4 Å². The lowest BCUT2D eigenvalue weighted by Gasteiger charge is -2.27. The summed E-state index contributed by atoms with van der Waals surface area (Å²) in [7, 11) is 0. The molecule has 2 rings (SSSR count). The van der Waals surface area contributed by atoms with Crippen LogP contribution in [0.3, 0.4) is 0 Å². The molecule has 1 unspecified atom stereocenters. The van der Waals surface area contributed by atoms with E-state index in [-0.39, 0.29) is 18.5 Å². The van der Waals surface area contributed by atoms with Gasteiger partial charge in [-0.1, -0.05) is 19.1 Å². The number of rotatable bonds is 5. The molecule has 1 aliphatic heterocycles. The summed E-state index contributed by atoms with van der Waals surface area (Å²) in [6, 6.07) is 7.57. The topological polar surface area (TPSA) is 75.4 Å². The molecule has 1 atom stereocenters. The van der Waals surface area contributed by atoms with Gasteiger partial charge in [0.25, 0.3) is 5.91 Å². The maximum absolute atomic E-state index is 12.6. The highest BCUT2D eigenvalue weighted by molar-refractivity contribution is 5.96. The van der Waals surface area contributed by atoms with E-state index in [4.69, 9.17) is 5.73 Å². The molecule has 0 aromatic heterocycles. The van der Waals surface area contributed by atoms with Gasteiger partial charge in [-0.25, -0.2) is 0 Å². The van der Waals surface area contributed by atoms with Gasteiger partial charge in [0.2, 0.25) is 5.91 Å². The smallest absolute Gasteiger partial charge is 0.254 e. The van der Waals surface area contributed by atoms with Crippen LogP contribution >= 0.6 is 0 Å². The molecule has 0 spiro atoms. The van der Waals surface area contributed by atoms with Gasteiger partial charge in [0, 0.05) is 18.2 Å². The molecule has 20 heavy (non-hydrogen) atoms. The van der Waals surface area contributed by atoms with E-state index in [0.29, 0.717) is 12.1 Å². The van der Waals surface area contributed by atoms with Crippen LogP contribution in [-0.4, -0.2) is 42.4 Å². The second-order valence-electron chi connectivity index (χ2n) is 5.10. The molecule has 5 heteroatoms. The summed E-state index contributed by atoms with van der Waals surface area (Å²) in [4.78, 5) is 25.4. The van der Waals surface area contributed by atoms with Gasteiger partial charge in [0.1, 0.15) is 0 Å². The largest absolute Gasteiger partial charge is 0.368 e. The van der Waals surface area contributed by atoms with Crippen LogP contribution in [-0.2, 0) is 11.2 Å². The van der Waals surface area contributed by atoms with Crippen molar-refractivity contribution in [3.63, 3.8) is 0 Å². The number of hydrogen-bond donors (Lipinski definition) is 2. The molecule has 1 aromatic rings. The van der Waals surface area contributed by atoms with Crippen molar-refractivity contribution in [1.82, 2.24) is 10.2 Å². The predicted molar refractivity (Wildman–Crippen MR) is 77.3 cm³/mol. The van der Waals surface area contributed by atoms with E-state index in [1.165, 1.54) is 5.56 Å². The Morgan fingerprint density at radius 1 is 1.35 bits per heavy atom. The van der Waals surface area contributed by atoms with Gasteiger partial charge >= 0.3 is 0 Å². The first-order valence-corrected chi connectivity index (χ1v) is 7.00. The summed E-state index contributed by atoms with van der Waals surface area (Å²) < 4.78 is 0. The number of carbonyl (C=O) groups excluding carboxylic acids is 2. The lowest BCUT2D eigenvalue weighted by Crippen LogP contribution is -2.46. The lowest BCUT2D eigenvalue weighted by molar-refractivity contribution is -0.119. The van der Waals surface area contributed by atoms with Crippen LogP contribution in [0.1, 0.15) is 29.3 Å². The zero-order valence-corrected chi connectivity index (χ0v) is 11.8. The summed E-state index contributed by atoms with van der Waals surface area (Å²) >= 11 is 0. The highest BCUT2D eigenvalue weighted by Crippen LogP contribution is 2.14. The second kappa shape index (κ2) is 6.52. The van der Waals surface area contributed by atoms with Crippen molar-refractivity contribution >= 4 is 11.8 Å². The van der Waals surface area contributed by atoms with E-state index < -0.39 is 5.91 Å². The van der Waals surface area contributed by atoms with Crippen molar-refractivity contribution in [1.29, 1.82) is 0 Å². The highest BCUT2D eigenvalue weighted by Gasteiger charge is 2.28. The number of nitrogens with one attached hydrogen (secondary N) is 1. The molecule has 0 aliphatic carbocycles. The Bertz CT molecular complexity index is 478. The standard InChI is InChI=1S/C15H21N3O2/c1-2-11-3-5-12(6-4-11)15(20)18(10-14(16)19)13-7-8-17-9-13/h3-6,13,17H,2,7-10H2,1H3,(H2,16,19). The van der Waals surface area contributed by atoms with Gasteiger partial charge < -0.3 is 16.0 Å². The van der Waals surface area contributed by atoms with Gasteiger partial charge in [-0.05, 0) is 37.1 Å². The van der Waals surface area contributed by atoms with Crippen LogP contribution in [0, 0.1) is 0 Å². The molecular formula is C15H21N3O2. The van der Waals surface area contributed by atoms with Crippen molar-refractivity contribution in [2.75, 3.05) is 19.6 Å². The van der Waals surface area contributed by atoms with Crippen molar-refractivity contribution in [3.05, 3.63) is 35.4 Å². The number of carbonyl (C=O) groups is 2. The number of benzene rings is 1. The third-order valence-corrected chi connectivity index (χ3v) is 3.67. The summed E-state index contributed by atoms with van der Waals surface area (Å²) in [6.45, 7) is 3.62. The van der Waals surface area contributed by atoms with Crippen LogP contribution in [0.5, 0.6) is 0 Å². The summed E-state index contributed by atoms with van der Waals surface area (Å²) in [5, 5.41) is 3.20. The first-order valence-electron chi connectivity index (χ1n) is 7.00. The van der Waals surface area contributed by atoms with Crippen LogP contribution in [0.2, 0.25) is 0 Å². The van der Waals surface area contributed by atoms with Gasteiger partial charge in [0.05, 0.1) is 6.54 Å². The number of amides is 2. The molecule has 0 saturated carbocycles. The molecule has 5 nitrogen and oxygen atoms in total. The van der Waals surface area contributed by atoms with Crippen molar-refractivity contribution in [2.45, 2.75) is 25.8 Å². The SMILES string of the molecule is CCc1ccc(C(=O)N(CC(N)=O)C2CCNC2)cc1. The van der Waals surface area contributed by atoms with Crippen molar-refractivity contribution in [2.24, 2.45) is 5.73 Å². The van der Waals surface area contributed by atoms with E-state index in [1.807, 2.05) is 24.3 Å². The normalized spacial score (nSPS) is 17.9. The Morgan fingerprint density at radius 2 is 2.05 bits per heavy atom. The summed E-state index contributed by atoms with van der Waals surface area (Å²) in [5.41, 5.74) is 7.06. The predicted octanol–water partition coefficient (Wildman–Crippen LogP) is 0.538. The third kappa shape index (κ3) is 3.36. The quantitative estimate of drug-likeness (QED) is 0.823. The van der Waals surface area contributed by atoms with Gasteiger partial charge in [-0.2, -0.15) is 0 Å². The molecule has 0 radical (unpaired) electrons. The number of nitrogens with two attached hydrogens (primary N) is 1. The number of nitrogens with zero attached hydrogens (tertiary/aromatic N) is 1. The average molecular weight is 275 g/mol. The monoisotopic (exact) mass is 275 g/mol. The average Bonchev–Trinajstić information content (AvgIpc) is 2.98. The fourth-order valence-electron chi connectivity index (χ4n) is 2.49. The molecule has 1 heterocycles. The number of aryl methyl sites for hydroxylation is 1. The minimum absolute atomic E-state index is 0.0271. The van der Waals surface area contributed by atoms with E-state index >= 15 is 0 Å². The Hall–Kier alpha value is -1.88. The van der Waals surface area contributed by atoms with Gasteiger partial charge in [-0.3, -0.25) is 9.59 Å². The fourth-order valence-corrected chi connectivity index (χ4v) is 2.49. The molecule has 1 saturated heterocycles. The Balaban J connectivity index is 2.17. The zero-order chi connectivity index (χ0) is 14.5. The highest BCUT2D eigenvalue weighted by atomic mass is 16.2. The van der Waals surface area contributed by atoms with Gasteiger partial charge in [0.15, 0.2) is 0 Å². The molecule has 108 valence electrons. The number of hydrogen-bond acceptors (Lipinski definition) is 3. The van der Waals surface area contributed by atoms with Crippen LogP contribution in [0.15, 0.2) is 24.3 Å². The fraction of sp³-hybridized carbons (Fsp3) is 0.467. The van der Waals surface area contributed by atoms with E-state index in [2.05, 4.69) is 12.2 Å². The van der Waals surface area contributed by atoms with Crippen molar-refractivity contribution < 1.29 is 9.59 Å². The maximum atomic E-state index is 12.6. The van der Waals surface area contributed by atoms with Crippen LogP contribution in [0.4, 0.5) is 0 Å². The first kappa shape index (κ1) is 14.5. The lowest BCUT2D eigenvalue weighted by atomic mass is 10.1. The van der Waals surface area contributed by atoms with E-state index in [9.17, 15) is 9.59 Å². The third-order valence-electron chi connectivity index (χ3n) is 3.67. The van der Waals surface area contributed by atoms with E-state index in [1.54, 1.807) is 4.90 Å². The first-order chi connectivity index (χ1) is 9.61. The molecule has 1 aromatic carbocycles. The molecule has 2 amide bonds. The maximum Gasteiger partial charge on any atom is 0.254 e. The summed E-state index contributed by atoms with van der Waals surface area (Å²) in [5.74, 6) is -0.601. The zero-order valence-electron chi connectivity index (χ0n) is 11.8. The minimum atomic E-state index is -0.476. The van der Waals surface area contributed by atoms with Crippen LogP contribution < -0.4 is 11.1 Å². The molecule has 0 bridgehead atoms. The van der Waals surface area contributed by atoms with Crippen LogP contribution in [0.25, 0.3) is 0 Å². The minimum Gasteiger partial charge on any atom is -0.368 e. The molecule has 3 N–H and O–H groups in total.